The number of carboxylic acids is 1. The van der Waals surface area contributed by atoms with Crippen LogP contribution < -0.4 is 0 Å². The monoisotopic (exact) mass is 347 g/mol. The average molecular weight is 347 g/mol. The Bertz CT molecular complexity index is 743. The van der Waals surface area contributed by atoms with Gasteiger partial charge in [0.25, 0.3) is 0 Å². The molecular formula is C19H26FN3O2. The van der Waals surface area contributed by atoms with Crippen LogP contribution in [0.15, 0.2) is 18.2 Å². The Kier molecular flexibility index (Phi) is 5.37. The zero-order valence-electron chi connectivity index (χ0n) is 14.8. The van der Waals surface area contributed by atoms with Crippen LogP contribution in [0.4, 0.5) is 4.39 Å². The van der Waals surface area contributed by atoms with Crippen molar-refractivity contribution in [1.29, 1.82) is 0 Å². The van der Waals surface area contributed by atoms with E-state index in [0.717, 1.165) is 37.4 Å². The Hall–Kier alpha value is -1.95. The summed E-state index contributed by atoms with van der Waals surface area (Å²) in [5, 5.41) is 9.23. The summed E-state index contributed by atoms with van der Waals surface area (Å²) in [5.41, 5.74) is 1.45. The lowest BCUT2D eigenvalue weighted by Crippen LogP contribution is -2.43. The van der Waals surface area contributed by atoms with Crippen molar-refractivity contribution in [2.75, 3.05) is 19.6 Å². The third kappa shape index (κ3) is 4.57. The van der Waals surface area contributed by atoms with Gasteiger partial charge < -0.3 is 15.0 Å². The normalized spacial score (nSPS) is 21.9. The second kappa shape index (κ2) is 7.52. The Balaban J connectivity index is 1.76. The molecular weight excluding hydrogens is 321 g/mol. The zero-order chi connectivity index (χ0) is 18.0. The first-order valence-corrected chi connectivity index (χ1v) is 8.99. The highest BCUT2D eigenvalue weighted by molar-refractivity contribution is 5.74. The molecule has 1 saturated heterocycles. The predicted octanol–water partition coefficient (Wildman–Crippen LogP) is 3.31. The number of H-pyrrole nitrogens is 1. The Morgan fingerprint density at radius 3 is 2.96 bits per heavy atom. The fourth-order valence-corrected chi connectivity index (χ4v) is 3.94. The standard InChI is InChI=1S/C19H26FN3O2/c1-12(2)10-23-6-5-13(8-19(24)25)14(11-23)7-18-21-16-4-3-15(20)9-17(16)22-18/h3-4,9,12-14H,5-8,10-11H2,1-2H3,(H,21,22)(H,24,25)/t13-,14-/m0/s1. The maximum Gasteiger partial charge on any atom is 0.303 e. The maximum atomic E-state index is 13.4. The van der Waals surface area contributed by atoms with Gasteiger partial charge in [0.2, 0.25) is 0 Å². The lowest BCUT2D eigenvalue weighted by atomic mass is 9.81. The number of hydrogen-bond acceptors (Lipinski definition) is 3. The molecule has 136 valence electrons. The first-order valence-electron chi connectivity index (χ1n) is 8.99. The summed E-state index contributed by atoms with van der Waals surface area (Å²) < 4.78 is 13.4. The number of piperidine rings is 1. The summed E-state index contributed by atoms with van der Waals surface area (Å²) in [4.78, 5) is 21.4. The zero-order valence-corrected chi connectivity index (χ0v) is 14.8. The number of aromatic amines is 1. The van der Waals surface area contributed by atoms with Crippen molar-refractivity contribution in [3.05, 3.63) is 29.8 Å². The molecule has 1 aliphatic heterocycles. The van der Waals surface area contributed by atoms with E-state index in [0.29, 0.717) is 17.9 Å². The summed E-state index contributed by atoms with van der Waals surface area (Å²) in [6, 6.07) is 4.53. The van der Waals surface area contributed by atoms with Crippen molar-refractivity contribution in [3.8, 4) is 0 Å². The quantitative estimate of drug-likeness (QED) is 0.841. The topological polar surface area (TPSA) is 69.2 Å². The molecule has 0 aliphatic carbocycles. The lowest BCUT2D eigenvalue weighted by Gasteiger charge is -2.38. The molecule has 2 heterocycles. The van der Waals surface area contributed by atoms with E-state index >= 15 is 0 Å². The summed E-state index contributed by atoms with van der Waals surface area (Å²) in [5.74, 6) is 0.782. The summed E-state index contributed by atoms with van der Waals surface area (Å²) in [7, 11) is 0. The third-order valence-corrected chi connectivity index (χ3v) is 4.98. The van der Waals surface area contributed by atoms with Crippen LogP contribution in [0.5, 0.6) is 0 Å². The number of likely N-dealkylation sites (tertiary alicyclic amines) is 1. The molecule has 1 aromatic heterocycles. The number of carboxylic acid groups (broad SMARTS) is 1. The van der Waals surface area contributed by atoms with E-state index in [9.17, 15) is 14.3 Å². The maximum absolute atomic E-state index is 13.4. The molecule has 2 atom stereocenters. The fraction of sp³-hybridized carbons (Fsp3) is 0.579. The van der Waals surface area contributed by atoms with Gasteiger partial charge in [-0.25, -0.2) is 9.37 Å². The van der Waals surface area contributed by atoms with Gasteiger partial charge in [-0.15, -0.1) is 0 Å². The second-order valence-corrected chi connectivity index (χ2v) is 7.61. The molecule has 6 heteroatoms. The number of halogens is 1. The van der Waals surface area contributed by atoms with Gasteiger partial charge in [0, 0.05) is 25.9 Å². The fourth-order valence-electron chi connectivity index (χ4n) is 3.94. The summed E-state index contributed by atoms with van der Waals surface area (Å²) >= 11 is 0. The number of hydrogen-bond donors (Lipinski definition) is 2. The molecule has 0 amide bonds. The number of nitrogens with zero attached hydrogens (tertiary/aromatic N) is 2. The average Bonchev–Trinajstić information content (AvgIpc) is 2.90. The van der Waals surface area contributed by atoms with Gasteiger partial charge in [-0.05, 0) is 48.9 Å². The van der Waals surface area contributed by atoms with Gasteiger partial charge in [0.15, 0.2) is 0 Å². The van der Waals surface area contributed by atoms with Gasteiger partial charge >= 0.3 is 5.97 Å². The third-order valence-electron chi connectivity index (χ3n) is 4.98. The molecule has 2 aromatic rings. The van der Waals surface area contributed by atoms with Crippen molar-refractivity contribution >= 4 is 17.0 Å². The number of imidazole rings is 1. The predicted molar refractivity (Wildman–Crippen MR) is 94.9 cm³/mol. The Labute approximate surface area is 147 Å². The highest BCUT2D eigenvalue weighted by Crippen LogP contribution is 2.30. The minimum atomic E-state index is -0.737. The first-order chi connectivity index (χ1) is 11.9. The molecule has 0 saturated carbocycles. The van der Waals surface area contributed by atoms with Crippen molar-refractivity contribution in [1.82, 2.24) is 14.9 Å². The van der Waals surface area contributed by atoms with Crippen LogP contribution in [0.25, 0.3) is 11.0 Å². The van der Waals surface area contributed by atoms with Crippen LogP contribution in [-0.4, -0.2) is 45.6 Å². The van der Waals surface area contributed by atoms with Crippen LogP contribution in [0.3, 0.4) is 0 Å². The van der Waals surface area contributed by atoms with Gasteiger partial charge in [-0.3, -0.25) is 4.79 Å². The van der Waals surface area contributed by atoms with Crippen LogP contribution in [-0.2, 0) is 11.2 Å². The van der Waals surface area contributed by atoms with Crippen molar-refractivity contribution in [3.63, 3.8) is 0 Å². The van der Waals surface area contributed by atoms with E-state index in [4.69, 9.17) is 0 Å². The van der Waals surface area contributed by atoms with Crippen LogP contribution in [0.1, 0.15) is 32.5 Å². The Morgan fingerprint density at radius 2 is 2.24 bits per heavy atom. The minimum Gasteiger partial charge on any atom is -0.481 e. The molecule has 1 aromatic carbocycles. The molecule has 25 heavy (non-hydrogen) atoms. The number of aromatic nitrogens is 2. The van der Waals surface area contributed by atoms with Crippen molar-refractivity contribution < 1.29 is 14.3 Å². The number of aliphatic carboxylic acids is 1. The van der Waals surface area contributed by atoms with E-state index in [-0.39, 0.29) is 24.1 Å². The molecule has 3 rings (SSSR count). The summed E-state index contributed by atoms with van der Waals surface area (Å²) in [6.45, 7) is 7.28. The number of carbonyl (C=O) groups is 1. The molecule has 5 nitrogen and oxygen atoms in total. The molecule has 0 unspecified atom stereocenters. The second-order valence-electron chi connectivity index (χ2n) is 7.61. The highest BCUT2D eigenvalue weighted by Gasteiger charge is 2.31. The molecule has 0 bridgehead atoms. The number of fused-ring (bicyclic) bond motifs is 1. The van der Waals surface area contributed by atoms with Gasteiger partial charge in [0.1, 0.15) is 11.6 Å². The number of nitrogens with one attached hydrogen (secondary N) is 1. The van der Waals surface area contributed by atoms with E-state index < -0.39 is 5.97 Å². The van der Waals surface area contributed by atoms with Gasteiger partial charge in [-0.2, -0.15) is 0 Å². The number of rotatable bonds is 6. The lowest BCUT2D eigenvalue weighted by molar-refractivity contribution is -0.139. The van der Waals surface area contributed by atoms with Crippen molar-refractivity contribution in [2.45, 2.75) is 33.1 Å². The van der Waals surface area contributed by atoms with E-state index in [1.165, 1.54) is 12.1 Å². The van der Waals surface area contributed by atoms with E-state index in [1.54, 1.807) is 6.07 Å². The molecule has 2 N–H and O–H groups in total. The SMILES string of the molecule is CC(C)CN1CC[C@@H](CC(=O)O)[C@@H](Cc2nc3ccc(F)cc3[nH]2)C1. The van der Waals surface area contributed by atoms with Crippen LogP contribution in [0.2, 0.25) is 0 Å². The smallest absolute Gasteiger partial charge is 0.303 e. The van der Waals surface area contributed by atoms with Crippen LogP contribution >= 0.6 is 0 Å². The first kappa shape index (κ1) is 17.9. The van der Waals surface area contributed by atoms with Crippen molar-refractivity contribution in [2.24, 2.45) is 17.8 Å². The Morgan fingerprint density at radius 1 is 1.44 bits per heavy atom. The van der Waals surface area contributed by atoms with E-state index in [2.05, 4.69) is 28.7 Å². The molecule has 1 fully saturated rings. The largest absolute Gasteiger partial charge is 0.481 e. The van der Waals surface area contributed by atoms with E-state index in [1.807, 2.05) is 0 Å². The molecule has 1 aliphatic rings. The minimum absolute atomic E-state index is 0.158. The van der Waals surface area contributed by atoms with Gasteiger partial charge in [-0.1, -0.05) is 13.8 Å². The van der Waals surface area contributed by atoms with Crippen LogP contribution in [0, 0.1) is 23.6 Å². The molecule has 0 radical (unpaired) electrons. The highest BCUT2D eigenvalue weighted by atomic mass is 19.1. The summed E-state index contributed by atoms with van der Waals surface area (Å²) in [6.07, 6.45) is 1.80. The number of benzene rings is 1. The van der Waals surface area contributed by atoms with Gasteiger partial charge in [0.05, 0.1) is 11.0 Å². The molecule has 0 spiro atoms.